The molecule has 24 heavy (non-hydrogen) atoms. The molecule has 0 unspecified atom stereocenters. The van der Waals surface area contributed by atoms with Crippen molar-refractivity contribution in [3.8, 4) is 0 Å². The lowest BCUT2D eigenvalue weighted by Gasteiger charge is -2.29. The Balaban J connectivity index is 1.75. The average Bonchev–Trinajstić information content (AvgIpc) is 2.55. The summed E-state index contributed by atoms with van der Waals surface area (Å²) in [5.41, 5.74) is 1.82. The highest BCUT2D eigenvalue weighted by Gasteiger charge is 2.33. The minimum atomic E-state index is -4.32. The van der Waals surface area contributed by atoms with Gasteiger partial charge in [0.2, 0.25) is 0 Å². The summed E-state index contributed by atoms with van der Waals surface area (Å²) in [5.74, 6) is 0.854. The van der Waals surface area contributed by atoms with Gasteiger partial charge in [-0.15, -0.1) is 0 Å². The highest BCUT2D eigenvalue weighted by atomic mass is 19.4. The Morgan fingerprint density at radius 2 is 2.00 bits per heavy atom. The maximum atomic E-state index is 13.1. The maximum absolute atomic E-state index is 13.1. The van der Waals surface area contributed by atoms with Crippen LogP contribution in [0.25, 0.3) is 0 Å². The Hall–Kier alpha value is -1.95. The summed E-state index contributed by atoms with van der Waals surface area (Å²) in [6, 6.07) is 5.79. The molecule has 3 nitrogen and oxygen atoms in total. The zero-order valence-corrected chi connectivity index (χ0v) is 13.6. The van der Waals surface area contributed by atoms with Crippen molar-refractivity contribution in [1.29, 1.82) is 0 Å². The van der Waals surface area contributed by atoms with Crippen LogP contribution in [0.3, 0.4) is 0 Å². The predicted octanol–water partition coefficient (Wildman–Crippen LogP) is 4.01. The SMILES string of the molecule is CCCc1ncc2c(n1)CCN(Cc1ccccc1C(F)(F)F)C2. The summed E-state index contributed by atoms with van der Waals surface area (Å²) in [5, 5.41) is 0. The normalized spacial score (nSPS) is 15.3. The van der Waals surface area contributed by atoms with E-state index < -0.39 is 11.7 Å². The first-order valence-electron chi connectivity index (χ1n) is 8.18. The Morgan fingerprint density at radius 1 is 1.21 bits per heavy atom. The van der Waals surface area contributed by atoms with Crippen LogP contribution in [-0.2, 0) is 32.1 Å². The molecule has 0 atom stereocenters. The van der Waals surface area contributed by atoms with Gasteiger partial charge >= 0.3 is 6.18 Å². The van der Waals surface area contributed by atoms with Gasteiger partial charge in [0, 0.05) is 49.9 Å². The largest absolute Gasteiger partial charge is 0.416 e. The van der Waals surface area contributed by atoms with E-state index in [-0.39, 0.29) is 6.54 Å². The van der Waals surface area contributed by atoms with E-state index in [1.807, 2.05) is 11.1 Å². The second-order valence-electron chi connectivity index (χ2n) is 6.12. The number of fused-ring (bicyclic) bond motifs is 1. The molecule has 0 saturated carbocycles. The van der Waals surface area contributed by atoms with Gasteiger partial charge in [-0.1, -0.05) is 25.1 Å². The lowest BCUT2D eigenvalue weighted by Crippen LogP contribution is -2.31. The molecule has 0 amide bonds. The fraction of sp³-hybridized carbons (Fsp3) is 0.444. The predicted molar refractivity (Wildman–Crippen MR) is 85.3 cm³/mol. The zero-order valence-electron chi connectivity index (χ0n) is 13.6. The minimum Gasteiger partial charge on any atom is -0.294 e. The number of benzene rings is 1. The molecular weight excluding hydrogens is 315 g/mol. The summed E-state index contributed by atoms with van der Waals surface area (Å²) < 4.78 is 39.4. The van der Waals surface area contributed by atoms with Crippen LogP contribution in [0.5, 0.6) is 0 Å². The third-order valence-corrected chi connectivity index (χ3v) is 4.25. The van der Waals surface area contributed by atoms with E-state index in [1.165, 1.54) is 6.07 Å². The standard InChI is InChI=1S/C18H20F3N3/c1-2-5-17-22-10-14-12-24(9-8-16(14)23-17)11-13-6-3-4-7-15(13)18(19,20)21/h3-4,6-7,10H,2,5,8-9,11-12H2,1H3. The number of nitrogens with zero attached hydrogens (tertiary/aromatic N) is 3. The Morgan fingerprint density at radius 3 is 2.75 bits per heavy atom. The van der Waals surface area contributed by atoms with Gasteiger partial charge in [0.15, 0.2) is 0 Å². The molecule has 0 N–H and O–H groups in total. The van der Waals surface area contributed by atoms with E-state index in [9.17, 15) is 13.2 Å². The van der Waals surface area contributed by atoms with Gasteiger partial charge in [-0.05, 0) is 18.1 Å². The lowest BCUT2D eigenvalue weighted by atomic mass is 10.0. The lowest BCUT2D eigenvalue weighted by molar-refractivity contribution is -0.138. The highest BCUT2D eigenvalue weighted by Crippen LogP contribution is 2.33. The molecule has 0 saturated heterocycles. The first kappa shape index (κ1) is 16.9. The molecule has 0 bridgehead atoms. The van der Waals surface area contributed by atoms with Crippen LogP contribution in [0.4, 0.5) is 13.2 Å². The first-order valence-corrected chi connectivity index (χ1v) is 8.18. The second-order valence-corrected chi connectivity index (χ2v) is 6.12. The Kier molecular flexibility index (Phi) is 4.85. The van der Waals surface area contributed by atoms with E-state index in [0.717, 1.165) is 42.4 Å². The number of alkyl halides is 3. The summed E-state index contributed by atoms with van der Waals surface area (Å²) >= 11 is 0. The average molecular weight is 335 g/mol. The highest BCUT2D eigenvalue weighted by molar-refractivity contribution is 5.30. The number of aromatic nitrogens is 2. The monoisotopic (exact) mass is 335 g/mol. The van der Waals surface area contributed by atoms with E-state index in [2.05, 4.69) is 16.9 Å². The fourth-order valence-corrected chi connectivity index (χ4v) is 3.07. The molecule has 6 heteroatoms. The number of aryl methyl sites for hydroxylation is 1. The molecule has 0 radical (unpaired) electrons. The van der Waals surface area contributed by atoms with Gasteiger partial charge < -0.3 is 0 Å². The molecule has 1 aliphatic heterocycles. The third kappa shape index (κ3) is 3.75. The maximum Gasteiger partial charge on any atom is 0.416 e. The van der Waals surface area contributed by atoms with Crippen LogP contribution in [0, 0.1) is 0 Å². The van der Waals surface area contributed by atoms with E-state index >= 15 is 0 Å². The Labute approximate surface area is 139 Å². The molecule has 0 spiro atoms. The van der Waals surface area contributed by atoms with Crippen molar-refractivity contribution in [2.75, 3.05) is 6.54 Å². The van der Waals surface area contributed by atoms with Crippen molar-refractivity contribution in [1.82, 2.24) is 14.9 Å². The van der Waals surface area contributed by atoms with Crippen molar-refractivity contribution >= 4 is 0 Å². The number of rotatable bonds is 4. The van der Waals surface area contributed by atoms with Gasteiger partial charge in [-0.2, -0.15) is 13.2 Å². The first-order chi connectivity index (χ1) is 11.5. The zero-order chi connectivity index (χ0) is 17.2. The summed E-state index contributed by atoms with van der Waals surface area (Å²) in [4.78, 5) is 11.0. The molecule has 1 aromatic carbocycles. The number of hydrogen-bond acceptors (Lipinski definition) is 3. The molecule has 2 aromatic rings. The molecule has 128 valence electrons. The summed E-state index contributed by atoms with van der Waals surface area (Å²) in [6.07, 6.45) is 0.120. The number of hydrogen-bond donors (Lipinski definition) is 0. The van der Waals surface area contributed by atoms with Crippen LogP contribution in [0.15, 0.2) is 30.5 Å². The van der Waals surface area contributed by atoms with Crippen molar-refractivity contribution in [2.45, 2.75) is 45.5 Å². The molecule has 2 heterocycles. The summed E-state index contributed by atoms with van der Waals surface area (Å²) in [6.45, 7) is 3.67. The molecule has 3 rings (SSSR count). The van der Waals surface area contributed by atoms with Gasteiger partial charge in [0.1, 0.15) is 5.82 Å². The molecule has 1 aromatic heterocycles. The fourth-order valence-electron chi connectivity index (χ4n) is 3.07. The second kappa shape index (κ2) is 6.89. The molecule has 1 aliphatic rings. The van der Waals surface area contributed by atoms with Gasteiger partial charge in [0.05, 0.1) is 5.56 Å². The summed E-state index contributed by atoms with van der Waals surface area (Å²) in [7, 11) is 0. The third-order valence-electron chi connectivity index (χ3n) is 4.25. The van der Waals surface area contributed by atoms with Crippen LogP contribution in [0.1, 0.15) is 41.6 Å². The van der Waals surface area contributed by atoms with Crippen molar-refractivity contribution < 1.29 is 13.2 Å². The van der Waals surface area contributed by atoms with Crippen LogP contribution in [0.2, 0.25) is 0 Å². The minimum absolute atomic E-state index is 0.284. The van der Waals surface area contributed by atoms with Gasteiger partial charge in [0.25, 0.3) is 0 Å². The van der Waals surface area contributed by atoms with Crippen LogP contribution >= 0.6 is 0 Å². The molecule has 0 aliphatic carbocycles. The van der Waals surface area contributed by atoms with Crippen molar-refractivity contribution in [3.05, 3.63) is 58.7 Å². The van der Waals surface area contributed by atoms with Crippen LogP contribution < -0.4 is 0 Å². The quantitative estimate of drug-likeness (QED) is 0.845. The number of halogens is 3. The molecular formula is C18H20F3N3. The van der Waals surface area contributed by atoms with Crippen molar-refractivity contribution in [3.63, 3.8) is 0 Å². The van der Waals surface area contributed by atoms with Gasteiger partial charge in [-0.3, -0.25) is 4.90 Å². The Bertz CT molecular complexity index is 713. The van der Waals surface area contributed by atoms with Crippen LogP contribution in [-0.4, -0.2) is 21.4 Å². The topological polar surface area (TPSA) is 29.0 Å². The molecule has 0 fully saturated rings. The van der Waals surface area contributed by atoms with E-state index in [4.69, 9.17) is 0 Å². The van der Waals surface area contributed by atoms with E-state index in [0.29, 0.717) is 18.7 Å². The smallest absolute Gasteiger partial charge is 0.294 e. The van der Waals surface area contributed by atoms with Crippen molar-refractivity contribution in [2.24, 2.45) is 0 Å². The van der Waals surface area contributed by atoms with E-state index in [1.54, 1.807) is 12.1 Å². The van der Waals surface area contributed by atoms with Gasteiger partial charge in [-0.25, -0.2) is 9.97 Å².